The van der Waals surface area contributed by atoms with Gasteiger partial charge in [-0.05, 0) is 55.4 Å². The second-order valence-corrected chi connectivity index (χ2v) is 10.1. The van der Waals surface area contributed by atoms with Crippen LogP contribution in [0.3, 0.4) is 0 Å². The first-order chi connectivity index (χ1) is 12.5. The van der Waals surface area contributed by atoms with Gasteiger partial charge in [-0.15, -0.1) is 11.3 Å². The van der Waals surface area contributed by atoms with Crippen molar-refractivity contribution in [2.24, 2.45) is 0 Å². The Kier molecular flexibility index (Phi) is 4.92. The maximum atomic E-state index is 12.8. The lowest BCUT2D eigenvalue weighted by Crippen LogP contribution is -2.36. The van der Waals surface area contributed by atoms with Gasteiger partial charge >= 0.3 is 0 Å². The van der Waals surface area contributed by atoms with Crippen molar-refractivity contribution >= 4 is 49.9 Å². The molecule has 3 aromatic rings. The van der Waals surface area contributed by atoms with Crippen molar-refractivity contribution in [2.75, 3.05) is 18.8 Å². The minimum atomic E-state index is -3.46. The van der Waals surface area contributed by atoms with Gasteiger partial charge in [0.15, 0.2) is 0 Å². The number of hydrogen-bond donors (Lipinski definition) is 0. The molecule has 1 fully saturated rings. The van der Waals surface area contributed by atoms with Crippen molar-refractivity contribution in [2.45, 2.75) is 13.0 Å². The molecule has 7 heteroatoms. The fraction of sp³-hybridized carbons (Fsp3) is 0.263. The van der Waals surface area contributed by atoms with Crippen LogP contribution in [0.25, 0.3) is 17.0 Å². The molecule has 0 radical (unpaired) electrons. The molecule has 136 valence electrons. The van der Waals surface area contributed by atoms with Crippen LogP contribution in [0.1, 0.15) is 16.9 Å². The number of benzene rings is 1. The summed E-state index contributed by atoms with van der Waals surface area (Å²) in [5, 5.41) is 1.01. The van der Waals surface area contributed by atoms with Gasteiger partial charge in [0.2, 0.25) is 10.0 Å². The number of likely N-dealkylation sites (tertiary alicyclic amines) is 1. The standard InChI is InChI=1S/C19H19ClN2O2S2/c20-19-8-7-16(25-19)5-2-13-26(23,24)22-12-9-17-15(4-1-6-18(17)22)14-21-10-3-11-21/h1-2,4-9,12H,3,10-11,13-14H2. The van der Waals surface area contributed by atoms with E-state index in [0.717, 1.165) is 35.4 Å². The molecular weight excluding hydrogens is 388 g/mol. The summed E-state index contributed by atoms with van der Waals surface area (Å²) >= 11 is 7.33. The third kappa shape index (κ3) is 3.60. The van der Waals surface area contributed by atoms with E-state index in [0.29, 0.717) is 4.34 Å². The molecule has 2 aromatic heterocycles. The molecule has 0 N–H and O–H groups in total. The third-order valence-electron chi connectivity index (χ3n) is 4.61. The molecule has 0 unspecified atom stereocenters. The summed E-state index contributed by atoms with van der Waals surface area (Å²) in [7, 11) is -3.46. The van der Waals surface area contributed by atoms with Crippen LogP contribution in [0.5, 0.6) is 0 Å². The van der Waals surface area contributed by atoms with E-state index in [4.69, 9.17) is 11.6 Å². The zero-order chi connectivity index (χ0) is 18.1. The van der Waals surface area contributed by atoms with E-state index in [2.05, 4.69) is 11.0 Å². The Morgan fingerprint density at radius 2 is 2.00 bits per heavy atom. The zero-order valence-corrected chi connectivity index (χ0v) is 16.5. The summed E-state index contributed by atoms with van der Waals surface area (Å²) in [5.74, 6) is -0.0529. The van der Waals surface area contributed by atoms with Gasteiger partial charge in [-0.2, -0.15) is 0 Å². The van der Waals surface area contributed by atoms with E-state index in [-0.39, 0.29) is 5.75 Å². The number of nitrogens with zero attached hydrogens (tertiary/aromatic N) is 2. The Labute approximate surface area is 162 Å². The van der Waals surface area contributed by atoms with Crippen LogP contribution in [0.2, 0.25) is 4.34 Å². The minimum absolute atomic E-state index is 0.0529. The number of rotatable bonds is 6. The molecule has 26 heavy (non-hydrogen) atoms. The molecule has 0 amide bonds. The number of hydrogen-bond acceptors (Lipinski definition) is 4. The van der Waals surface area contributed by atoms with Gasteiger partial charge in [-0.25, -0.2) is 12.4 Å². The predicted octanol–water partition coefficient (Wildman–Crippen LogP) is 4.45. The highest BCUT2D eigenvalue weighted by molar-refractivity contribution is 7.90. The highest BCUT2D eigenvalue weighted by Crippen LogP contribution is 2.25. The summed E-state index contributed by atoms with van der Waals surface area (Å²) in [6, 6.07) is 11.5. The van der Waals surface area contributed by atoms with Gasteiger partial charge in [0.1, 0.15) is 0 Å². The smallest absolute Gasteiger partial charge is 0.242 e. The van der Waals surface area contributed by atoms with Crippen LogP contribution >= 0.6 is 22.9 Å². The first kappa shape index (κ1) is 17.8. The van der Waals surface area contributed by atoms with Crippen LogP contribution in [-0.4, -0.2) is 36.1 Å². The van der Waals surface area contributed by atoms with Gasteiger partial charge in [0.25, 0.3) is 0 Å². The molecular formula is C19H19ClN2O2S2. The summed E-state index contributed by atoms with van der Waals surface area (Å²) in [6.07, 6.45) is 6.38. The molecule has 1 saturated heterocycles. The largest absolute Gasteiger partial charge is 0.299 e. The highest BCUT2D eigenvalue weighted by Gasteiger charge is 2.18. The molecule has 3 heterocycles. The number of aromatic nitrogens is 1. The second-order valence-electron chi connectivity index (χ2n) is 6.41. The number of thiophene rings is 1. The highest BCUT2D eigenvalue weighted by atomic mass is 35.5. The molecule has 4 rings (SSSR count). The van der Waals surface area contributed by atoms with E-state index in [1.165, 1.54) is 27.3 Å². The number of halogens is 1. The topological polar surface area (TPSA) is 42.3 Å². The maximum absolute atomic E-state index is 12.8. The van der Waals surface area contributed by atoms with Gasteiger partial charge in [0, 0.05) is 23.0 Å². The van der Waals surface area contributed by atoms with E-state index in [9.17, 15) is 8.42 Å². The number of fused-ring (bicyclic) bond motifs is 1. The molecule has 0 aliphatic carbocycles. The molecule has 1 aliphatic rings. The van der Waals surface area contributed by atoms with E-state index >= 15 is 0 Å². The Balaban J connectivity index is 1.58. The first-order valence-corrected chi connectivity index (χ1v) is 11.3. The van der Waals surface area contributed by atoms with Crippen LogP contribution in [0.4, 0.5) is 0 Å². The SMILES string of the molecule is O=S(=O)(CC=Cc1ccc(Cl)s1)n1ccc2c(CN3CCC3)cccc21. The van der Waals surface area contributed by atoms with Crippen molar-refractivity contribution in [1.82, 2.24) is 8.87 Å². The van der Waals surface area contributed by atoms with Crippen molar-refractivity contribution in [1.29, 1.82) is 0 Å². The van der Waals surface area contributed by atoms with E-state index < -0.39 is 10.0 Å². The minimum Gasteiger partial charge on any atom is -0.299 e. The molecule has 0 bridgehead atoms. The van der Waals surface area contributed by atoms with Crippen molar-refractivity contribution in [3.05, 3.63) is 63.4 Å². The summed E-state index contributed by atoms with van der Waals surface area (Å²) in [5.41, 5.74) is 1.93. The summed E-state index contributed by atoms with van der Waals surface area (Å²) < 4.78 is 27.7. The molecule has 0 atom stereocenters. The second kappa shape index (κ2) is 7.19. The molecule has 0 saturated carbocycles. The average Bonchev–Trinajstić information content (AvgIpc) is 3.17. The van der Waals surface area contributed by atoms with Crippen LogP contribution in [-0.2, 0) is 16.6 Å². The quantitative estimate of drug-likeness (QED) is 0.607. The van der Waals surface area contributed by atoms with E-state index in [1.807, 2.05) is 24.3 Å². The lowest BCUT2D eigenvalue weighted by atomic mass is 10.1. The van der Waals surface area contributed by atoms with Gasteiger partial charge in [-0.3, -0.25) is 4.90 Å². The monoisotopic (exact) mass is 406 g/mol. The predicted molar refractivity (Wildman–Crippen MR) is 109 cm³/mol. The Morgan fingerprint density at radius 3 is 2.69 bits per heavy atom. The van der Waals surface area contributed by atoms with Gasteiger partial charge in [-0.1, -0.05) is 29.8 Å². The fourth-order valence-corrected chi connectivity index (χ4v) is 5.35. The molecule has 1 aliphatic heterocycles. The van der Waals surface area contributed by atoms with Crippen molar-refractivity contribution in [3.8, 4) is 0 Å². The fourth-order valence-electron chi connectivity index (χ4n) is 3.15. The summed E-state index contributed by atoms with van der Waals surface area (Å²) in [4.78, 5) is 3.31. The molecule has 4 nitrogen and oxygen atoms in total. The molecule has 1 aromatic carbocycles. The van der Waals surface area contributed by atoms with Crippen LogP contribution in [0.15, 0.2) is 48.7 Å². The maximum Gasteiger partial charge on any atom is 0.242 e. The first-order valence-electron chi connectivity index (χ1n) is 8.49. The Morgan fingerprint density at radius 1 is 1.15 bits per heavy atom. The Bertz CT molecular complexity index is 1060. The normalized spacial score (nSPS) is 15.7. The Hall–Kier alpha value is -1.60. The molecule has 0 spiro atoms. The van der Waals surface area contributed by atoms with Crippen LogP contribution in [0, 0.1) is 0 Å². The van der Waals surface area contributed by atoms with E-state index in [1.54, 1.807) is 24.4 Å². The summed E-state index contributed by atoms with van der Waals surface area (Å²) in [6.45, 7) is 3.11. The van der Waals surface area contributed by atoms with Crippen molar-refractivity contribution < 1.29 is 8.42 Å². The van der Waals surface area contributed by atoms with Gasteiger partial charge in [0.05, 0.1) is 15.6 Å². The van der Waals surface area contributed by atoms with Gasteiger partial charge < -0.3 is 0 Å². The zero-order valence-electron chi connectivity index (χ0n) is 14.1. The lowest BCUT2D eigenvalue weighted by molar-refractivity contribution is 0.173. The average molecular weight is 407 g/mol. The lowest BCUT2D eigenvalue weighted by Gasteiger charge is -2.30. The van der Waals surface area contributed by atoms with Crippen molar-refractivity contribution in [3.63, 3.8) is 0 Å². The third-order valence-corrected chi connectivity index (χ3v) is 7.34. The van der Waals surface area contributed by atoms with Crippen LogP contribution < -0.4 is 0 Å².